The largest absolute Gasteiger partial charge is 0.492 e. The number of likely N-dealkylation sites (tertiary alicyclic amines) is 1. The van der Waals surface area contributed by atoms with Gasteiger partial charge in [0.05, 0.1) is 0 Å². The summed E-state index contributed by atoms with van der Waals surface area (Å²) in [5.41, 5.74) is 2.41. The summed E-state index contributed by atoms with van der Waals surface area (Å²) in [7, 11) is -1.54. The van der Waals surface area contributed by atoms with Crippen LogP contribution in [-0.2, 0) is 0 Å². The van der Waals surface area contributed by atoms with E-state index in [0.717, 1.165) is 44.5 Å². The Balaban J connectivity index is 2.79. The second-order valence-electron chi connectivity index (χ2n) is 6.67. The minimum Gasteiger partial charge on any atom is -0.423 e. The van der Waals surface area contributed by atoms with Crippen molar-refractivity contribution in [1.82, 2.24) is 4.90 Å². The van der Waals surface area contributed by atoms with Crippen LogP contribution in [0.2, 0.25) is 0 Å². The van der Waals surface area contributed by atoms with E-state index in [9.17, 15) is 10.0 Å². The Morgan fingerprint density at radius 2 is 1.90 bits per heavy atom. The van der Waals surface area contributed by atoms with Crippen LogP contribution >= 0.6 is 0 Å². The third kappa shape index (κ3) is 5.67. The average Bonchev–Trinajstić information content (AvgIpc) is 2.38. The van der Waals surface area contributed by atoms with Gasteiger partial charge in [-0.05, 0) is 31.6 Å². The summed E-state index contributed by atoms with van der Waals surface area (Å²) >= 11 is 0. The van der Waals surface area contributed by atoms with Gasteiger partial charge in [-0.25, -0.2) is 0 Å². The van der Waals surface area contributed by atoms with Crippen LogP contribution < -0.4 is 0 Å². The molecule has 5 heteroatoms. The van der Waals surface area contributed by atoms with Crippen LogP contribution in [-0.4, -0.2) is 40.9 Å². The van der Waals surface area contributed by atoms with Gasteiger partial charge in [-0.3, -0.25) is 4.99 Å². The van der Waals surface area contributed by atoms with Crippen LogP contribution in [0.15, 0.2) is 28.9 Å². The number of hydrogen-bond donors (Lipinski definition) is 2. The van der Waals surface area contributed by atoms with Gasteiger partial charge in [0.2, 0.25) is 0 Å². The second kappa shape index (κ2) is 7.80. The van der Waals surface area contributed by atoms with Gasteiger partial charge in [0.25, 0.3) is 0 Å². The summed E-state index contributed by atoms with van der Waals surface area (Å²) < 4.78 is 0. The molecule has 0 unspecified atom stereocenters. The molecular formula is C16H29BN2O2. The smallest absolute Gasteiger partial charge is 0.423 e. The summed E-state index contributed by atoms with van der Waals surface area (Å²) in [5, 5.41) is 19.2. The van der Waals surface area contributed by atoms with Crippen molar-refractivity contribution >= 4 is 12.8 Å². The predicted molar refractivity (Wildman–Crippen MR) is 90.0 cm³/mol. The molecule has 0 amide bonds. The van der Waals surface area contributed by atoms with E-state index >= 15 is 0 Å². The molecule has 1 rings (SSSR count). The zero-order valence-electron chi connectivity index (χ0n) is 13.9. The molecule has 21 heavy (non-hydrogen) atoms. The third-order valence-corrected chi connectivity index (χ3v) is 4.15. The molecule has 1 fully saturated rings. The molecule has 4 nitrogen and oxygen atoms in total. The molecule has 2 N–H and O–H groups in total. The first-order valence-electron chi connectivity index (χ1n) is 7.80. The topological polar surface area (TPSA) is 56.1 Å². The minimum absolute atomic E-state index is 0.356. The van der Waals surface area contributed by atoms with E-state index in [-0.39, 0.29) is 0 Å². The maximum Gasteiger partial charge on any atom is 0.492 e. The highest BCUT2D eigenvalue weighted by molar-refractivity contribution is 6.52. The van der Waals surface area contributed by atoms with E-state index < -0.39 is 7.12 Å². The molecule has 118 valence electrons. The zero-order chi connectivity index (χ0) is 16.0. The Morgan fingerprint density at radius 3 is 2.38 bits per heavy atom. The van der Waals surface area contributed by atoms with Crippen molar-refractivity contribution in [2.45, 2.75) is 53.4 Å². The van der Waals surface area contributed by atoms with Gasteiger partial charge < -0.3 is 14.9 Å². The Morgan fingerprint density at radius 1 is 1.33 bits per heavy atom. The molecule has 0 atom stereocenters. The van der Waals surface area contributed by atoms with Gasteiger partial charge in [-0.2, -0.15) is 0 Å². The minimum atomic E-state index is -1.54. The normalized spacial score (nSPS) is 19.6. The number of rotatable bonds is 6. The fourth-order valence-corrected chi connectivity index (χ4v) is 2.46. The first-order chi connectivity index (χ1) is 9.76. The van der Waals surface area contributed by atoms with Crippen LogP contribution in [0.4, 0.5) is 0 Å². The Kier molecular flexibility index (Phi) is 6.68. The van der Waals surface area contributed by atoms with Gasteiger partial charge in [-0.1, -0.05) is 33.8 Å². The lowest BCUT2D eigenvalue weighted by molar-refractivity contribution is 0.165. The van der Waals surface area contributed by atoms with Crippen molar-refractivity contribution in [1.29, 1.82) is 0 Å². The summed E-state index contributed by atoms with van der Waals surface area (Å²) in [5.74, 6) is 0. The SMILES string of the molecule is C=C(/C(=C\N=C(\C)CCC)B(O)O)N1CCC(C)(C)CC1. The molecule has 1 heterocycles. The zero-order valence-corrected chi connectivity index (χ0v) is 13.9. The molecule has 0 bridgehead atoms. The van der Waals surface area contributed by atoms with E-state index in [4.69, 9.17) is 0 Å². The molecule has 0 saturated carbocycles. The Bertz CT molecular complexity index is 418. The van der Waals surface area contributed by atoms with Crippen LogP contribution in [0.5, 0.6) is 0 Å². The van der Waals surface area contributed by atoms with Crippen molar-refractivity contribution < 1.29 is 10.0 Å². The highest BCUT2D eigenvalue weighted by Crippen LogP contribution is 2.32. The lowest BCUT2D eigenvalue weighted by Gasteiger charge is -2.39. The molecule has 0 spiro atoms. The van der Waals surface area contributed by atoms with Crippen LogP contribution in [0.3, 0.4) is 0 Å². The maximum atomic E-state index is 9.59. The highest BCUT2D eigenvalue weighted by Gasteiger charge is 2.29. The lowest BCUT2D eigenvalue weighted by atomic mass is 9.76. The third-order valence-electron chi connectivity index (χ3n) is 4.15. The van der Waals surface area contributed by atoms with Crippen LogP contribution in [0.25, 0.3) is 0 Å². The summed E-state index contributed by atoms with van der Waals surface area (Å²) in [4.78, 5) is 6.45. The highest BCUT2D eigenvalue weighted by atomic mass is 16.4. The first-order valence-corrected chi connectivity index (χ1v) is 7.80. The molecule has 0 aromatic heterocycles. The maximum absolute atomic E-state index is 9.59. The van der Waals surface area contributed by atoms with E-state index in [1.165, 1.54) is 0 Å². The van der Waals surface area contributed by atoms with Crippen molar-refractivity contribution in [3.8, 4) is 0 Å². The van der Waals surface area contributed by atoms with E-state index in [1.807, 2.05) is 6.92 Å². The summed E-state index contributed by atoms with van der Waals surface area (Å²) in [6, 6.07) is 0. The standard InChI is InChI=1S/C16H29BN2O2/c1-6-7-13(2)18-12-15(17(20)21)14(3)19-10-8-16(4,5)9-11-19/h12,20-21H,3,6-11H2,1-2,4-5H3/b15-12+,18-13-. The van der Waals surface area contributed by atoms with Crippen molar-refractivity contribution in [3.63, 3.8) is 0 Å². The summed E-state index contributed by atoms with van der Waals surface area (Å²) in [6.07, 6.45) is 5.66. The molecule has 1 aliphatic heterocycles. The Hall–Kier alpha value is -1.07. The van der Waals surface area contributed by atoms with E-state index in [1.54, 1.807) is 6.20 Å². The first kappa shape index (κ1) is 18.0. The predicted octanol–water partition coefficient (Wildman–Crippen LogP) is 2.78. The number of piperidine rings is 1. The fourth-order valence-electron chi connectivity index (χ4n) is 2.46. The molecule has 1 aliphatic rings. The van der Waals surface area contributed by atoms with Gasteiger partial charge in [-0.15, -0.1) is 0 Å². The molecular weight excluding hydrogens is 263 g/mol. The molecule has 0 aromatic rings. The van der Waals surface area contributed by atoms with Crippen molar-refractivity contribution in [3.05, 3.63) is 23.9 Å². The fraction of sp³-hybridized carbons (Fsp3) is 0.688. The number of nitrogens with zero attached hydrogens (tertiary/aromatic N) is 2. The molecule has 0 radical (unpaired) electrons. The van der Waals surface area contributed by atoms with Gasteiger partial charge >= 0.3 is 7.12 Å². The van der Waals surface area contributed by atoms with Gasteiger partial charge in [0.1, 0.15) is 0 Å². The number of allylic oxidation sites excluding steroid dienone is 1. The second-order valence-corrected chi connectivity index (χ2v) is 6.67. The lowest BCUT2D eigenvalue weighted by Crippen LogP contribution is -2.38. The number of hydrogen-bond acceptors (Lipinski definition) is 4. The monoisotopic (exact) mass is 292 g/mol. The van der Waals surface area contributed by atoms with E-state index in [0.29, 0.717) is 16.6 Å². The van der Waals surface area contributed by atoms with Crippen LogP contribution in [0.1, 0.15) is 53.4 Å². The van der Waals surface area contributed by atoms with Gasteiger partial charge in [0, 0.05) is 36.2 Å². The van der Waals surface area contributed by atoms with E-state index in [2.05, 4.69) is 37.2 Å². The number of aliphatic imine (C=N–C) groups is 1. The quantitative estimate of drug-likeness (QED) is 0.449. The van der Waals surface area contributed by atoms with Crippen molar-refractivity contribution in [2.75, 3.05) is 13.1 Å². The van der Waals surface area contributed by atoms with Crippen molar-refractivity contribution in [2.24, 2.45) is 10.4 Å². The Labute approximate surface area is 129 Å². The molecule has 1 saturated heterocycles. The molecule has 0 aliphatic carbocycles. The average molecular weight is 292 g/mol. The van der Waals surface area contributed by atoms with Crippen LogP contribution in [0, 0.1) is 5.41 Å². The van der Waals surface area contributed by atoms with Gasteiger partial charge in [0.15, 0.2) is 0 Å². The summed E-state index contributed by atoms with van der Waals surface area (Å²) in [6.45, 7) is 14.4. The molecule has 0 aromatic carbocycles.